The van der Waals surface area contributed by atoms with Crippen LogP contribution in [0.2, 0.25) is 0 Å². The molecule has 0 amide bonds. The molecule has 1 nitrogen and oxygen atoms in total. The minimum absolute atomic E-state index is 0.510. The maximum atomic E-state index is 3.81. The molecule has 1 heterocycles. The van der Waals surface area contributed by atoms with Gasteiger partial charge in [-0.05, 0) is 57.6 Å². The largest absolute Gasteiger partial charge is 0.307 e. The Bertz CT molecular complexity index is 352. The summed E-state index contributed by atoms with van der Waals surface area (Å²) in [6.07, 6.45) is 4.12. The molecule has 1 saturated carbocycles. The van der Waals surface area contributed by atoms with Crippen LogP contribution >= 0.6 is 11.3 Å². The van der Waals surface area contributed by atoms with Crippen molar-refractivity contribution in [3.63, 3.8) is 0 Å². The SMILES string of the molecule is CCC(NC(C)c1cc(C)sc1C)C1CC1. The highest BCUT2D eigenvalue weighted by Crippen LogP contribution is 2.35. The number of hydrogen-bond acceptors (Lipinski definition) is 2. The monoisotopic (exact) mass is 237 g/mol. The second-order valence-electron chi connectivity index (χ2n) is 5.11. The van der Waals surface area contributed by atoms with Crippen molar-refractivity contribution >= 4 is 11.3 Å². The van der Waals surface area contributed by atoms with Gasteiger partial charge in [-0.15, -0.1) is 11.3 Å². The van der Waals surface area contributed by atoms with Crippen LogP contribution in [-0.4, -0.2) is 6.04 Å². The van der Waals surface area contributed by atoms with Crippen LogP contribution in [0.5, 0.6) is 0 Å². The predicted molar refractivity (Wildman–Crippen MR) is 72.1 cm³/mol. The summed E-state index contributed by atoms with van der Waals surface area (Å²) in [6.45, 7) is 9.04. The van der Waals surface area contributed by atoms with E-state index in [-0.39, 0.29) is 0 Å². The van der Waals surface area contributed by atoms with Gasteiger partial charge in [0.05, 0.1) is 0 Å². The first kappa shape index (κ1) is 12.1. The lowest BCUT2D eigenvalue weighted by molar-refractivity contribution is 0.404. The molecule has 0 saturated heterocycles. The molecule has 1 fully saturated rings. The Morgan fingerprint density at radius 3 is 2.56 bits per heavy atom. The van der Waals surface area contributed by atoms with Crippen molar-refractivity contribution in [2.24, 2.45) is 5.92 Å². The zero-order valence-electron chi connectivity index (χ0n) is 10.8. The van der Waals surface area contributed by atoms with E-state index in [1.54, 1.807) is 0 Å². The van der Waals surface area contributed by atoms with Crippen LogP contribution in [0.1, 0.15) is 54.5 Å². The van der Waals surface area contributed by atoms with E-state index in [9.17, 15) is 0 Å². The van der Waals surface area contributed by atoms with Crippen LogP contribution in [0.25, 0.3) is 0 Å². The van der Waals surface area contributed by atoms with E-state index in [0.29, 0.717) is 6.04 Å². The van der Waals surface area contributed by atoms with E-state index in [1.165, 1.54) is 34.6 Å². The molecule has 1 aromatic heterocycles. The molecule has 0 radical (unpaired) electrons. The van der Waals surface area contributed by atoms with Gasteiger partial charge in [-0.25, -0.2) is 0 Å². The van der Waals surface area contributed by atoms with Crippen molar-refractivity contribution in [3.8, 4) is 0 Å². The molecule has 0 spiro atoms. The molecular weight excluding hydrogens is 214 g/mol. The lowest BCUT2D eigenvalue weighted by Gasteiger charge is -2.22. The zero-order valence-corrected chi connectivity index (χ0v) is 11.7. The molecule has 0 aromatic carbocycles. The normalized spacial score (nSPS) is 19.8. The molecule has 90 valence electrons. The Morgan fingerprint density at radius 2 is 2.12 bits per heavy atom. The van der Waals surface area contributed by atoms with Crippen LogP contribution in [0.3, 0.4) is 0 Å². The van der Waals surface area contributed by atoms with Crippen LogP contribution < -0.4 is 5.32 Å². The summed E-state index contributed by atoms with van der Waals surface area (Å²) in [4.78, 5) is 2.91. The molecule has 0 aliphatic heterocycles. The summed E-state index contributed by atoms with van der Waals surface area (Å²) in [6, 6.07) is 3.59. The summed E-state index contributed by atoms with van der Waals surface area (Å²) in [5, 5.41) is 3.81. The minimum atomic E-state index is 0.510. The van der Waals surface area contributed by atoms with Gasteiger partial charge in [0.2, 0.25) is 0 Å². The van der Waals surface area contributed by atoms with Gasteiger partial charge < -0.3 is 5.32 Å². The van der Waals surface area contributed by atoms with Crippen molar-refractivity contribution < 1.29 is 0 Å². The lowest BCUT2D eigenvalue weighted by Crippen LogP contribution is -2.32. The molecule has 16 heavy (non-hydrogen) atoms. The highest BCUT2D eigenvalue weighted by atomic mass is 32.1. The second kappa shape index (κ2) is 4.89. The Labute approximate surface area is 103 Å². The Hall–Kier alpha value is -0.340. The van der Waals surface area contributed by atoms with Gasteiger partial charge in [-0.3, -0.25) is 0 Å². The first-order valence-corrected chi connectivity index (χ1v) is 7.26. The summed E-state index contributed by atoms with van der Waals surface area (Å²) in [5.41, 5.74) is 1.50. The van der Waals surface area contributed by atoms with Gasteiger partial charge >= 0.3 is 0 Å². The highest BCUT2D eigenvalue weighted by Gasteiger charge is 2.30. The molecule has 2 heteroatoms. The van der Waals surface area contributed by atoms with Crippen LogP contribution in [-0.2, 0) is 0 Å². The summed E-state index contributed by atoms with van der Waals surface area (Å²) in [5.74, 6) is 0.951. The minimum Gasteiger partial charge on any atom is -0.307 e. The van der Waals surface area contributed by atoms with Crippen molar-refractivity contribution in [2.45, 2.75) is 59.0 Å². The van der Waals surface area contributed by atoms with Crippen LogP contribution in [0.15, 0.2) is 6.07 Å². The van der Waals surface area contributed by atoms with E-state index >= 15 is 0 Å². The van der Waals surface area contributed by atoms with E-state index in [4.69, 9.17) is 0 Å². The van der Waals surface area contributed by atoms with Crippen molar-refractivity contribution in [2.75, 3.05) is 0 Å². The number of rotatable bonds is 5. The van der Waals surface area contributed by atoms with Crippen LogP contribution in [0, 0.1) is 19.8 Å². The standard InChI is InChI=1S/C14H23NS/c1-5-14(12-6-7-12)15-10(3)13-8-9(2)16-11(13)4/h8,10,12,14-15H,5-7H2,1-4H3. The van der Waals surface area contributed by atoms with E-state index in [1.807, 2.05) is 11.3 Å². The third-order valence-corrected chi connectivity index (χ3v) is 4.62. The third kappa shape index (κ3) is 2.67. The molecule has 2 unspecified atom stereocenters. The average molecular weight is 237 g/mol. The lowest BCUT2D eigenvalue weighted by atomic mass is 10.0. The smallest absolute Gasteiger partial charge is 0.0305 e. The fourth-order valence-corrected chi connectivity index (χ4v) is 3.60. The Morgan fingerprint density at radius 1 is 1.44 bits per heavy atom. The maximum absolute atomic E-state index is 3.81. The molecule has 1 N–H and O–H groups in total. The quantitative estimate of drug-likeness (QED) is 0.809. The topological polar surface area (TPSA) is 12.0 Å². The molecule has 2 atom stereocenters. The number of thiophene rings is 1. The third-order valence-electron chi connectivity index (χ3n) is 3.64. The van der Waals surface area contributed by atoms with Crippen molar-refractivity contribution in [1.82, 2.24) is 5.32 Å². The first-order chi connectivity index (χ1) is 7.61. The molecular formula is C14H23NS. The zero-order chi connectivity index (χ0) is 11.7. The molecule has 2 rings (SSSR count). The highest BCUT2D eigenvalue weighted by molar-refractivity contribution is 7.12. The van der Waals surface area contributed by atoms with Gasteiger partial charge in [-0.2, -0.15) is 0 Å². The van der Waals surface area contributed by atoms with Gasteiger partial charge in [0.1, 0.15) is 0 Å². The van der Waals surface area contributed by atoms with E-state index < -0.39 is 0 Å². The first-order valence-electron chi connectivity index (χ1n) is 6.44. The fourth-order valence-electron chi connectivity index (χ4n) is 2.58. The average Bonchev–Trinajstić information content (AvgIpc) is 3.01. The number of aryl methyl sites for hydroxylation is 2. The van der Waals surface area contributed by atoms with Gasteiger partial charge in [0, 0.05) is 21.8 Å². The molecule has 0 bridgehead atoms. The Kier molecular flexibility index (Phi) is 3.70. The van der Waals surface area contributed by atoms with Crippen molar-refractivity contribution in [1.29, 1.82) is 0 Å². The van der Waals surface area contributed by atoms with Gasteiger partial charge in [0.25, 0.3) is 0 Å². The van der Waals surface area contributed by atoms with E-state index in [2.05, 4.69) is 39.1 Å². The van der Waals surface area contributed by atoms with E-state index in [0.717, 1.165) is 12.0 Å². The van der Waals surface area contributed by atoms with Crippen LogP contribution in [0.4, 0.5) is 0 Å². The molecule has 1 aliphatic rings. The summed E-state index contributed by atoms with van der Waals surface area (Å²) in [7, 11) is 0. The van der Waals surface area contributed by atoms with Crippen molar-refractivity contribution in [3.05, 3.63) is 21.4 Å². The molecule has 1 aliphatic carbocycles. The summed E-state index contributed by atoms with van der Waals surface area (Å²) < 4.78 is 0. The summed E-state index contributed by atoms with van der Waals surface area (Å²) >= 11 is 1.92. The number of hydrogen-bond donors (Lipinski definition) is 1. The predicted octanol–water partition coefficient (Wildman–Crippen LogP) is 4.20. The molecule has 1 aromatic rings. The van der Waals surface area contributed by atoms with Gasteiger partial charge in [-0.1, -0.05) is 6.92 Å². The Balaban J connectivity index is 2.01. The fraction of sp³-hybridized carbons (Fsp3) is 0.714. The number of nitrogens with one attached hydrogen (secondary N) is 1. The second-order valence-corrected chi connectivity index (χ2v) is 6.57. The van der Waals surface area contributed by atoms with Gasteiger partial charge in [0.15, 0.2) is 0 Å². The maximum Gasteiger partial charge on any atom is 0.0305 e.